The molecular weight excluding hydrogens is 254 g/mol. The van der Waals surface area contributed by atoms with Gasteiger partial charge in [0.2, 0.25) is 0 Å². The predicted molar refractivity (Wildman–Crippen MR) is 72.2 cm³/mol. The van der Waals surface area contributed by atoms with Gasteiger partial charge < -0.3 is 11.1 Å². The van der Waals surface area contributed by atoms with E-state index in [1.807, 2.05) is 6.92 Å². The maximum Gasteiger partial charge on any atom is 0.270 e. The van der Waals surface area contributed by atoms with Crippen molar-refractivity contribution in [3.63, 3.8) is 0 Å². The maximum absolute atomic E-state index is 11.9. The molecule has 2 rings (SSSR count). The van der Waals surface area contributed by atoms with Gasteiger partial charge in [0.05, 0.1) is 10.00 Å². The lowest BCUT2D eigenvalue weighted by Gasteiger charge is -2.19. The SMILES string of the molecule is Cc1nc(C(=O)NC2CCCC2C(N)=S)cs1. The van der Waals surface area contributed by atoms with Gasteiger partial charge in [0.25, 0.3) is 5.91 Å². The van der Waals surface area contributed by atoms with Crippen LogP contribution in [0.5, 0.6) is 0 Å². The molecule has 1 aliphatic carbocycles. The zero-order chi connectivity index (χ0) is 12.4. The van der Waals surface area contributed by atoms with Crippen molar-refractivity contribution in [1.29, 1.82) is 0 Å². The van der Waals surface area contributed by atoms with Crippen LogP contribution in [0.2, 0.25) is 0 Å². The number of nitrogens with one attached hydrogen (secondary N) is 1. The van der Waals surface area contributed by atoms with Crippen molar-refractivity contribution in [2.75, 3.05) is 0 Å². The van der Waals surface area contributed by atoms with Crippen LogP contribution in [-0.2, 0) is 0 Å². The third-order valence-electron chi connectivity index (χ3n) is 3.05. The summed E-state index contributed by atoms with van der Waals surface area (Å²) in [4.78, 5) is 16.6. The van der Waals surface area contributed by atoms with Crippen molar-refractivity contribution in [2.45, 2.75) is 32.2 Å². The molecule has 2 unspecified atom stereocenters. The van der Waals surface area contributed by atoms with E-state index in [2.05, 4.69) is 10.3 Å². The second-order valence-electron chi connectivity index (χ2n) is 4.27. The first-order chi connectivity index (χ1) is 8.08. The largest absolute Gasteiger partial charge is 0.393 e. The number of aryl methyl sites for hydroxylation is 1. The first-order valence-corrected chi connectivity index (χ1v) is 6.89. The highest BCUT2D eigenvalue weighted by molar-refractivity contribution is 7.80. The quantitative estimate of drug-likeness (QED) is 0.819. The Labute approximate surface area is 110 Å². The van der Waals surface area contributed by atoms with Crippen LogP contribution in [-0.4, -0.2) is 21.9 Å². The van der Waals surface area contributed by atoms with Gasteiger partial charge in [0, 0.05) is 17.3 Å². The molecule has 92 valence electrons. The Hall–Kier alpha value is -1.01. The van der Waals surface area contributed by atoms with E-state index in [1.165, 1.54) is 11.3 Å². The summed E-state index contributed by atoms with van der Waals surface area (Å²) in [6, 6.07) is 0.0713. The number of hydrogen-bond donors (Lipinski definition) is 2. The number of hydrogen-bond acceptors (Lipinski definition) is 4. The molecule has 0 saturated heterocycles. The molecule has 6 heteroatoms. The van der Waals surface area contributed by atoms with Crippen molar-refractivity contribution in [3.8, 4) is 0 Å². The highest BCUT2D eigenvalue weighted by Crippen LogP contribution is 2.26. The fourth-order valence-corrected chi connectivity index (χ4v) is 3.06. The van der Waals surface area contributed by atoms with E-state index >= 15 is 0 Å². The Morgan fingerprint density at radius 2 is 2.41 bits per heavy atom. The van der Waals surface area contributed by atoms with Crippen LogP contribution >= 0.6 is 23.6 Å². The van der Waals surface area contributed by atoms with Crippen LogP contribution in [0.25, 0.3) is 0 Å². The summed E-state index contributed by atoms with van der Waals surface area (Å²) >= 11 is 6.49. The van der Waals surface area contributed by atoms with E-state index in [9.17, 15) is 4.79 Å². The fraction of sp³-hybridized carbons (Fsp3) is 0.545. The van der Waals surface area contributed by atoms with E-state index in [1.54, 1.807) is 5.38 Å². The Bertz CT molecular complexity index is 444. The number of nitrogens with zero attached hydrogens (tertiary/aromatic N) is 1. The van der Waals surface area contributed by atoms with Crippen molar-refractivity contribution >= 4 is 34.5 Å². The lowest BCUT2D eigenvalue weighted by atomic mass is 10.0. The molecule has 4 nitrogen and oxygen atoms in total. The van der Waals surface area contributed by atoms with E-state index in [0.29, 0.717) is 10.7 Å². The number of carbonyl (C=O) groups excluding carboxylic acids is 1. The predicted octanol–water partition coefficient (Wildman–Crippen LogP) is 1.64. The Balaban J connectivity index is 2.01. The van der Waals surface area contributed by atoms with Crippen LogP contribution in [0.1, 0.15) is 34.8 Å². The van der Waals surface area contributed by atoms with Crippen LogP contribution in [0.3, 0.4) is 0 Å². The van der Waals surface area contributed by atoms with E-state index in [4.69, 9.17) is 18.0 Å². The fourth-order valence-electron chi connectivity index (χ4n) is 2.18. The zero-order valence-corrected chi connectivity index (χ0v) is 11.2. The number of rotatable bonds is 3. The second-order valence-corrected chi connectivity index (χ2v) is 5.81. The van der Waals surface area contributed by atoms with Crippen molar-refractivity contribution < 1.29 is 4.79 Å². The number of amides is 1. The Morgan fingerprint density at radius 1 is 1.65 bits per heavy atom. The molecule has 2 atom stereocenters. The molecule has 17 heavy (non-hydrogen) atoms. The summed E-state index contributed by atoms with van der Waals surface area (Å²) in [7, 11) is 0. The molecule has 1 heterocycles. The van der Waals surface area contributed by atoms with Crippen molar-refractivity contribution in [3.05, 3.63) is 16.1 Å². The van der Waals surface area contributed by atoms with Gasteiger partial charge in [0.1, 0.15) is 5.69 Å². The highest BCUT2D eigenvalue weighted by Gasteiger charge is 2.31. The maximum atomic E-state index is 11.9. The minimum Gasteiger partial charge on any atom is -0.393 e. The molecule has 1 fully saturated rings. The average Bonchev–Trinajstić information content (AvgIpc) is 2.86. The molecule has 1 aromatic heterocycles. The molecule has 1 amide bonds. The molecular formula is C11H15N3OS2. The Kier molecular flexibility index (Phi) is 3.73. The molecule has 3 N–H and O–H groups in total. The molecule has 1 aromatic rings. The molecule has 0 bridgehead atoms. The summed E-state index contributed by atoms with van der Waals surface area (Å²) in [5.41, 5.74) is 6.16. The third-order valence-corrected chi connectivity index (χ3v) is 4.13. The van der Waals surface area contributed by atoms with Crippen LogP contribution in [0.4, 0.5) is 0 Å². The van der Waals surface area contributed by atoms with Gasteiger partial charge in [-0.1, -0.05) is 18.6 Å². The minimum atomic E-state index is -0.123. The monoisotopic (exact) mass is 269 g/mol. The first kappa shape index (κ1) is 12.4. The molecule has 0 aliphatic heterocycles. The third kappa shape index (κ3) is 2.81. The summed E-state index contributed by atoms with van der Waals surface area (Å²) in [5, 5.41) is 5.65. The van der Waals surface area contributed by atoms with Gasteiger partial charge >= 0.3 is 0 Å². The van der Waals surface area contributed by atoms with Gasteiger partial charge in [-0.05, 0) is 19.8 Å². The zero-order valence-electron chi connectivity index (χ0n) is 9.60. The number of thiocarbonyl (C=S) groups is 1. The van der Waals surface area contributed by atoms with Crippen molar-refractivity contribution in [1.82, 2.24) is 10.3 Å². The average molecular weight is 269 g/mol. The summed E-state index contributed by atoms with van der Waals surface area (Å²) < 4.78 is 0. The van der Waals surface area contributed by atoms with Crippen LogP contribution < -0.4 is 11.1 Å². The van der Waals surface area contributed by atoms with E-state index in [0.717, 1.165) is 24.3 Å². The summed E-state index contributed by atoms with van der Waals surface area (Å²) in [6.07, 6.45) is 2.97. The van der Waals surface area contributed by atoms with E-state index < -0.39 is 0 Å². The highest BCUT2D eigenvalue weighted by atomic mass is 32.1. The summed E-state index contributed by atoms with van der Waals surface area (Å²) in [6.45, 7) is 1.88. The van der Waals surface area contributed by atoms with E-state index in [-0.39, 0.29) is 17.9 Å². The second kappa shape index (κ2) is 5.10. The van der Waals surface area contributed by atoms with Gasteiger partial charge in [-0.25, -0.2) is 4.98 Å². The molecule has 1 aliphatic rings. The van der Waals surface area contributed by atoms with Gasteiger partial charge in [0.15, 0.2) is 0 Å². The first-order valence-electron chi connectivity index (χ1n) is 5.60. The molecule has 0 radical (unpaired) electrons. The summed E-state index contributed by atoms with van der Waals surface area (Å²) in [5.74, 6) is 0.0104. The van der Waals surface area contributed by atoms with Gasteiger partial charge in [-0.2, -0.15) is 0 Å². The van der Waals surface area contributed by atoms with Crippen LogP contribution in [0, 0.1) is 12.8 Å². The number of carbonyl (C=O) groups is 1. The minimum absolute atomic E-state index is 0.0713. The Morgan fingerprint density at radius 3 is 3.00 bits per heavy atom. The van der Waals surface area contributed by atoms with Gasteiger partial charge in [-0.15, -0.1) is 11.3 Å². The molecule has 0 spiro atoms. The lowest BCUT2D eigenvalue weighted by Crippen LogP contribution is -2.41. The smallest absolute Gasteiger partial charge is 0.270 e. The van der Waals surface area contributed by atoms with Crippen LogP contribution in [0.15, 0.2) is 5.38 Å². The standard InChI is InChI=1S/C11H15N3OS2/c1-6-13-9(5-17-6)11(15)14-8-4-2-3-7(8)10(12)16/h5,7-8H,2-4H2,1H3,(H2,12,16)(H,14,15). The lowest BCUT2D eigenvalue weighted by molar-refractivity contribution is 0.0929. The molecule has 0 aromatic carbocycles. The number of thiazole rings is 1. The van der Waals surface area contributed by atoms with Crippen molar-refractivity contribution in [2.24, 2.45) is 11.7 Å². The number of nitrogens with two attached hydrogens (primary N) is 1. The normalized spacial score (nSPS) is 23.6. The molecule has 1 saturated carbocycles. The number of aromatic nitrogens is 1. The van der Waals surface area contributed by atoms with Gasteiger partial charge in [-0.3, -0.25) is 4.79 Å². The topological polar surface area (TPSA) is 68.0 Å².